The van der Waals surface area contributed by atoms with Gasteiger partial charge in [0.2, 0.25) is 0 Å². The lowest BCUT2D eigenvalue weighted by Gasteiger charge is -2.36. The first kappa shape index (κ1) is 15.3. The molecule has 0 N–H and O–H groups in total. The second-order valence-electron chi connectivity index (χ2n) is 6.54. The Balaban J connectivity index is 1.63. The second-order valence-corrected chi connectivity index (χ2v) is 6.54. The molecule has 1 aromatic carbocycles. The highest BCUT2D eigenvalue weighted by Crippen LogP contribution is 2.26. The van der Waals surface area contributed by atoms with Crippen LogP contribution in [0.4, 0.5) is 0 Å². The molecule has 1 aliphatic heterocycles. The van der Waals surface area contributed by atoms with Crippen molar-refractivity contribution in [1.82, 2.24) is 4.90 Å². The van der Waals surface area contributed by atoms with E-state index in [4.69, 9.17) is 9.47 Å². The van der Waals surface area contributed by atoms with E-state index >= 15 is 0 Å². The lowest BCUT2D eigenvalue weighted by Crippen LogP contribution is -2.51. The summed E-state index contributed by atoms with van der Waals surface area (Å²) in [4.78, 5) is 14.4. The van der Waals surface area contributed by atoms with Gasteiger partial charge in [0.25, 0.3) is 5.91 Å². The fourth-order valence-corrected chi connectivity index (χ4v) is 3.49. The molecule has 0 radical (unpaired) electrons. The average molecular weight is 303 g/mol. The summed E-state index contributed by atoms with van der Waals surface area (Å²) in [5.74, 6) is 0.846. The minimum Gasteiger partial charge on any atom is -0.481 e. The molecule has 2 aliphatic rings. The number of amides is 1. The third kappa shape index (κ3) is 3.27. The molecule has 0 aromatic heterocycles. The second kappa shape index (κ2) is 6.29. The molecule has 120 valence electrons. The Morgan fingerprint density at radius 2 is 1.91 bits per heavy atom. The van der Waals surface area contributed by atoms with E-state index in [9.17, 15) is 4.79 Å². The van der Waals surface area contributed by atoms with Crippen LogP contribution in [0.1, 0.15) is 38.3 Å². The van der Waals surface area contributed by atoms with Crippen LogP contribution >= 0.6 is 0 Å². The Bertz CT molecular complexity index is 547. The van der Waals surface area contributed by atoms with Crippen molar-refractivity contribution in [3.8, 4) is 5.75 Å². The van der Waals surface area contributed by atoms with Gasteiger partial charge in [0.1, 0.15) is 5.75 Å². The van der Waals surface area contributed by atoms with Gasteiger partial charge in [-0.2, -0.15) is 0 Å². The number of carbonyl (C=O) groups excluding carboxylic acids is 1. The van der Waals surface area contributed by atoms with Crippen molar-refractivity contribution in [2.45, 2.75) is 58.3 Å². The van der Waals surface area contributed by atoms with Crippen LogP contribution in [0.2, 0.25) is 0 Å². The molecule has 0 saturated carbocycles. The summed E-state index contributed by atoms with van der Waals surface area (Å²) in [5, 5.41) is 0. The van der Waals surface area contributed by atoms with E-state index in [0.29, 0.717) is 13.1 Å². The van der Waals surface area contributed by atoms with Gasteiger partial charge in [0, 0.05) is 13.1 Å². The SMILES string of the molecule is C[C@@H]1CN(C(=O)[C@H](C)Oc2ccc3c(c2)CCC3)C[C@@H](C)O1. The number of hydrogen-bond donors (Lipinski definition) is 0. The van der Waals surface area contributed by atoms with Gasteiger partial charge in [0.15, 0.2) is 6.10 Å². The fourth-order valence-electron chi connectivity index (χ4n) is 3.49. The van der Waals surface area contributed by atoms with Gasteiger partial charge in [-0.15, -0.1) is 0 Å². The van der Waals surface area contributed by atoms with Crippen LogP contribution in [0.25, 0.3) is 0 Å². The largest absolute Gasteiger partial charge is 0.481 e. The summed E-state index contributed by atoms with van der Waals surface area (Å²) in [6.45, 7) is 7.12. The maximum absolute atomic E-state index is 12.6. The number of ether oxygens (including phenoxy) is 2. The van der Waals surface area contributed by atoms with E-state index in [-0.39, 0.29) is 18.1 Å². The van der Waals surface area contributed by atoms with E-state index in [0.717, 1.165) is 18.6 Å². The topological polar surface area (TPSA) is 38.8 Å². The molecule has 0 unspecified atom stereocenters. The van der Waals surface area contributed by atoms with Crippen molar-refractivity contribution in [3.63, 3.8) is 0 Å². The number of morpholine rings is 1. The number of hydrogen-bond acceptors (Lipinski definition) is 3. The number of carbonyl (C=O) groups is 1. The van der Waals surface area contributed by atoms with Gasteiger partial charge in [-0.25, -0.2) is 0 Å². The average Bonchev–Trinajstić information content (AvgIpc) is 2.93. The Morgan fingerprint density at radius 1 is 1.23 bits per heavy atom. The number of fused-ring (bicyclic) bond motifs is 1. The van der Waals surface area contributed by atoms with Gasteiger partial charge in [-0.1, -0.05) is 6.07 Å². The van der Waals surface area contributed by atoms with Crippen LogP contribution in [0.15, 0.2) is 18.2 Å². The number of nitrogens with zero attached hydrogens (tertiary/aromatic N) is 1. The van der Waals surface area contributed by atoms with E-state index in [1.54, 1.807) is 0 Å². The van der Waals surface area contributed by atoms with Crippen molar-refractivity contribution in [2.24, 2.45) is 0 Å². The lowest BCUT2D eigenvalue weighted by atomic mass is 10.1. The van der Waals surface area contributed by atoms with E-state index in [1.807, 2.05) is 31.7 Å². The fraction of sp³-hybridized carbons (Fsp3) is 0.611. The Labute approximate surface area is 132 Å². The maximum Gasteiger partial charge on any atom is 0.263 e. The number of rotatable bonds is 3. The van der Waals surface area contributed by atoms with Crippen LogP contribution < -0.4 is 4.74 Å². The Kier molecular flexibility index (Phi) is 4.39. The monoisotopic (exact) mass is 303 g/mol. The van der Waals surface area contributed by atoms with Gasteiger partial charge < -0.3 is 14.4 Å². The molecule has 1 fully saturated rings. The number of aryl methyl sites for hydroxylation is 2. The Morgan fingerprint density at radius 3 is 2.64 bits per heavy atom. The zero-order chi connectivity index (χ0) is 15.7. The van der Waals surface area contributed by atoms with Gasteiger partial charge in [-0.3, -0.25) is 4.79 Å². The first-order valence-electron chi connectivity index (χ1n) is 8.25. The summed E-state index contributed by atoms with van der Waals surface area (Å²) < 4.78 is 11.6. The van der Waals surface area contributed by atoms with Gasteiger partial charge in [0.05, 0.1) is 12.2 Å². The third-order valence-electron chi connectivity index (χ3n) is 4.46. The van der Waals surface area contributed by atoms with Crippen LogP contribution in [-0.4, -0.2) is 42.2 Å². The summed E-state index contributed by atoms with van der Waals surface area (Å²) in [6, 6.07) is 6.21. The molecular weight excluding hydrogens is 278 g/mol. The molecule has 1 aliphatic carbocycles. The van der Waals surface area contributed by atoms with E-state index < -0.39 is 6.10 Å². The van der Waals surface area contributed by atoms with Crippen molar-refractivity contribution >= 4 is 5.91 Å². The van der Waals surface area contributed by atoms with Crippen molar-refractivity contribution < 1.29 is 14.3 Å². The van der Waals surface area contributed by atoms with Crippen molar-refractivity contribution in [3.05, 3.63) is 29.3 Å². The van der Waals surface area contributed by atoms with Crippen molar-refractivity contribution in [1.29, 1.82) is 0 Å². The molecule has 22 heavy (non-hydrogen) atoms. The minimum atomic E-state index is -0.461. The predicted molar refractivity (Wildman–Crippen MR) is 85.1 cm³/mol. The highest BCUT2D eigenvalue weighted by molar-refractivity contribution is 5.81. The molecule has 1 saturated heterocycles. The molecule has 3 rings (SSSR count). The molecular formula is C18H25NO3. The highest BCUT2D eigenvalue weighted by atomic mass is 16.5. The van der Waals surface area contributed by atoms with Crippen LogP contribution in [0.5, 0.6) is 5.75 Å². The van der Waals surface area contributed by atoms with Crippen LogP contribution in [0.3, 0.4) is 0 Å². The summed E-state index contributed by atoms with van der Waals surface area (Å²) in [6.07, 6.45) is 3.20. The number of benzene rings is 1. The molecule has 0 spiro atoms. The molecule has 4 heteroatoms. The van der Waals surface area contributed by atoms with E-state index in [2.05, 4.69) is 12.1 Å². The minimum absolute atomic E-state index is 0.0440. The zero-order valence-corrected chi connectivity index (χ0v) is 13.7. The first-order chi connectivity index (χ1) is 10.5. The quantitative estimate of drug-likeness (QED) is 0.861. The third-order valence-corrected chi connectivity index (χ3v) is 4.46. The zero-order valence-electron chi connectivity index (χ0n) is 13.7. The summed E-state index contributed by atoms with van der Waals surface area (Å²) in [5.41, 5.74) is 2.79. The van der Waals surface area contributed by atoms with Gasteiger partial charge >= 0.3 is 0 Å². The molecule has 1 amide bonds. The smallest absolute Gasteiger partial charge is 0.263 e. The molecule has 4 nitrogen and oxygen atoms in total. The highest BCUT2D eigenvalue weighted by Gasteiger charge is 2.29. The molecule has 1 heterocycles. The van der Waals surface area contributed by atoms with Crippen molar-refractivity contribution in [2.75, 3.05) is 13.1 Å². The molecule has 1 aromatic rings. The molecule has 0 bridgehead atoms. The predicted octanol–water partition coefficient (Wildman–Crippen LogP) is 2.58. The summed E-state index contributed by atoms with van der Waals surface area (Å²) >= 11 is 0. The lowest BCUT2D eigenvalue weighted by molar-refractivity contribution is -0.149. The van der Waals surface area contributed by atoms with Crippen LogP contribution in [0, 0.1) is 0 Å². The molecule has 3 atom stereocenters. The van der Waals surface area contributed by atoms with E-state index in [1.165, 1.54) is 17.5 Å². The van der Waals surface area contributed by atoms with Crippen LogP contribution in [-0.2, 0) is 22.4 Å². The standard InChI is InChI=1S/C18H25NO3/c1-12-10-19(11-13(2)21-12)18(20)14(3)22-17-8-7-15-5-4-6-16(15)9-17/h7-9,12-14H,4-6,10-11H2,1-3H3/t12-,13-,14+/m1/s1. The Hall–Kier alpha value is -1.55. The summed E-state index contributed by atoms with van der Waals surface area (Å²) in [7, 11) is 0. The van der Waals surface area contributed by atoms with Gasteiger partial charge in [-0.05, 0) is 63.3 Å². The normalized spacial score (nSPS) is 25.7. The maximum atomic E-state index is 12.6. The first-order valence-corrected chi connectivity index (χ1v) is 8.25.